The van der Waals surface area contributed by atoms with E-state index in [1.165, 1.54) is 0 Å². The van der Waals surface area contributed by atoms with Gasteiger partial charge in [0, 0.05) is 20.0 Å². The van der Waals surface area contributed by atoms with Gasteiger partial charge in [-0.1, -0.05) is 13.8 Å². The first-order valence-electron chi connectivity index (χ1n) is 7.62. The topological polar surface area (TPSA) is 56.6 Å². The van der Waals surface area contributed by atoms with Gasteiger partial charge in [0.1, 0.15) is 5.69 Å². The van der Waals surface area contributed by atoms with Crippen LogP contribution in [0, 0.1) is 0 Å². The van der Waals surface area contributed by atoms with Crippen molar-refractivity contribution in [2.75, 3.05) is 26.3 Å². The Kier molecular flexibility index (Phi) is 3.75. The number of likely N-dealkylation sites (tertiary alicyclic amines) is 1. The zero-order chi connectivity index (χ0) is 15.0. The van der Waals surface area contributed by atoms with Crippen molar-refractivity contribution in [2.45, 2.75) is 38.4 Å². The first kappa shape index (κ1) is 14.5. The molecule has 6 nitrogen and oxygen atoms in total. The Balaban J connectivity index is 1.78. The van der Waals surface area contributed by atoms with E-state index in [0.29, 0.717) is 31.4 Å². The molecule has 1 aromatic heterocycles. The first-order valence-corrected chi connectivity index (χ1v) is 7.62. The summed E-state index contributed by atoms with van der Waals surface area (Å²) < 4.78 is 13.1. The third-order valence-electron chi connectivity index (χ3n) is 4.23. The molecule has 6 heteroatoms. The Morgan fingerprint density at radius 2 is 2.10 bits per heavy atom. The summed E-state index contributed by atoms with van der Waals surface area (Å²) in [5.74, 6) is -0.255. The second-order valence-electron chi connectivity index (χ2n) is 6.17. The third kappa shape index (κ3) is 2.70. The zero-order valence-corrected chi connectivity index (χ0v) is 13.0. The molecule has 0 unspecified atom stereocenters. The van der Waals surface area contributed by atoms with Crippen molar-refractivity contribution < 1.29 is 14.3 Å². The lowest BCUT2D eigenvalue weighted by Gasteiger charge is -2.38. The molecule has 0 radical (unpaired) electrons. The van der Waals surface area contributed by atoms with Crippen LogP contribution in [0.5, 0.6) is 0 Å². The van der Waals surface area contributed by atoms with Crippen molar-refractivity contribution in [1.82, 2.24) is 14.7 Å². The van der Waals surface area contributed by atoms with Crippen LogP contribution in [0.15, 0.2) is 6.07 Å². The number of ether oxygens (including phenoxy) is 2. The molecule has 2 saturated heterocycles. The number of carbonyl (C=O) groups excluding carboxylic acids is 1. The van der Waals surface area contributed by atoms with Crippen LogP contribution in [0.2, 0.25) is 0 Å². The van der Waals surface area contributed by atoms with E-state index < -0.39 is 5.79 Å². The van der Waals surface area contributed by atoms with Gasteiger partial charge >= 0.3 is 0 Å². The van der Waals surface area contributed by atoms with Crippen LogP contribution in [-0.2, 0) is 16.5 Å². The molecule has 2 fully saturated rings. The largest absolute Gasteiger partial charge is 0.346 e. The average Bonchev–Trinajstić information content (AvgIpc) is 3.05. The summed E-state index contributed by atoms with van der Waals surface area (Å²) in [6.07, 6.45) is 1.76. The highest BCUT2D eigenvalue weighted by Crippen LogP contribution is 2.30. The standard InChI is InChI=1S/C15H23N3O3/c1-11(2)12-9-13(17(3)16-12)14(19)18-6-4-5-15(10-18)20-7-8-21-15/h9,11H,4-8,10H2,1-3H3. The molecule has 3 heterocycles. The van der Waals surface area contributed by atoms with E-state index in [1.807, 2.05) is 18.0 Å². The van der Waals surface area contributed by atoms with Crippen LogP contribution in [0.1, 0.15) is 48.8 Å². The molecule has 3 rings (SSSR count). The van der Waals surface area contributed by atoms with Gasteiger partial charge in [0.15, 0.2) is 5.79 Å². The molecular weight excluding hydrogens is 270 g/mol. The van der Waals surface area contributed by atoms with E-state index in [0.717, 1.165) is 25.1 Å². The number of aryl methyl sites for hydroxylation is 1. The second kappa shape index (κ2) is 5.42. The summed E-state index contributed by atoms with van der Waals surface area (Å²) >= 11 is 0. The third-order valence-corrected chi connectivity index (χ3v) is 4.23. The Morgan fingerprint density at radius 3 is 2.71 bits per heavy atom. The van der Waals surface area contributed by atoms with Gasteiger partial charge in [-0.05, 0) is 18.4 Å². The number of carbonyl (C=O) groups is 1. The van der Waals surface area contributed by atoms with Crippen molar-refractivity contribution in [2.24, 2.45) is 7.05 Å². The minimum absolute atomic E-state index is 0.00933. The minimum Gasteiger partial charge on any atom is -0.346 e. The molecule has 0 saturated carbocycles. The SMILES string of the molecule is CC(C)c1cc(C(=O)N2CCCC3(C2)OCCO3)n(C)n1. The Morgan fingerprint density at radius 1 is 1.38 bits per heavy atom. The predicted molar refractivity (Wildman–Crippen MR) is 77.1 cm³/mol. The number of amides is 1. The Hall–Kier alpha value is -1.40. The normalized spacial score (nSPS) is 21.4. The van der Waals surface area contributed by atoms with E-state index in [4.69, 9.17) is 9.47 Å². The molecule has 1 spiro atoms. The van der Waals surface area contributed by atoms with Crippen molar-refractivity contribution >= 4 is 5.91 Å². The summed E-state index contributed by atoms with van der Waals surface area (Å²) in [4.78, 5) is 14.6. The minimum atomic E-state index is -0.576. The highest BCUT2D eigenvalue weighted by Gasteiger charge is 2.42. The monoisotopic (exact) mass is 293 g/mol. The van der Waals surface area contributed by atoms with Gasteiger partial charge in [0.2, 0.25) is 0 Å². The van der Waals surface area contributed by atoms with Gasteiger partial charge in [0.05, 0.1) is 25.5 Å². The molecule has 0 bridgehead atoms. The molecule has 1 aromatic rings. The molecule has 0 aliphatic carbocycles. The van der Waals surface area contributed by atoms with E-state index in [9.17, 15) is 4.79 Å². The van der Waals surface area contributed by atoms with Crippen LogP contribution in [0.3, 0.4) is 0 Å². The van der Waals surface area contributed by atoms with Crippen LogP contribution in [0.4, 0.5) is 0 Å². The summed E-state index contributed by atoms with van der Waals surface area (Å²) in [5.41, 5.74) is 1.58. The van der Waals surface area contributed by atoms with E-state index in [-0.39, 0.29) is 5.91 Å². The highest BCUT2D eigenvalue weighted by molar-refractivity contribution is 5.92. The second-order valence-corrected chi connectivity index (χ2v) is 6.17. The lowest BCUT2D eigenvalue weighted by molar-refractivity contribution is -0.183. The van der Waals surface area contributed by atoms with Gasteiger partial charge in [-0.2, -0.15) is 5.10 Å². The van der Waals surface area contributed by atoms with Crippen LogP contribution in [-0.4, -0.2) is 52.7 Å². The van der Waals surface area contributed by atoms with Gasteiger partial charge in [-0.25, -0.2) is 0 Å². The van der Waals surface area contributed by atoms with Gasteiger partial charge < -0.3 is 14.4 Å². The number of hydrogen-bond acceptors (Lipinski definition) is 4. The predicted octanol–water partition coefficient (Wildman–Crippen LogP) is 1.52. The fraction of sp³-hybridized carbons (Fsp3) is 0.733. The molecule has 0 N–H and O–H groups in total. The fourth-order valence-electron chi connectivity index (χ4n) is 3.03. The maximum Gasteiger partial charge on any atom is 0.272 e. The van der Waals surface area contributed by atoms with Crippen molar-refractivity contribution in [3.63, 3.8) is 0 Å². The smallest absolute Gasteiger partial charge is 0.272 e. The fourth-order valence-corrected chi connectivity index (χ4v) is 3.03. The van der Waals surface area contributed by atoms with Gasteiger partial charge in [0.25, 0.3) is 5.91 Å². The van der Waals surface area contributed by atoms with Crippen LogP contribution in [0.25, 0.3) is 0 Å². The lowest BCUT2D eigenvalue weighted by Crippen LogP contribution is -2.51. The Bertz CT molecular complexity index is 532. The number of rotatable bonds is 2. The van der Waals surface area contributed by atoms with Crippen LogP contribution < -0.4 is 0 Å². The average molecular weight is 293 g/mol. The van der Waals surface area contributed by atoms with Crippen LogP contribution >= 0.6 is 0 Å². The van der Waals surface area contributed by atoms with Crippen molar-refractivity contribution in [3.05, 3.63) is 17.5 Å². The van der Waals surface area contributed by atoms with E-state index in [2.05, 4.69) is 18.9 Å². The summed E-state index contributed by atoms with van der Waals surface area (Å²) in [5, 5.41) is 4.42. The molecule has 116 valence electrons. The molecular formula is C15H23N3O3. The van der Waals surface area contributed by atoms with Gasteiger partial charge in [-0.15, -0.1) is 0 Å². The molecule has 2 aliphatic heterocycles. The van der Waals surface area contributed by atoms with Gasteiger partial charge in [-0.3, -0.25) is 9.48 Å². The lowest BCUT2D eigenvalue weighted by atomic mass is 10.0. The summed E-state index contributed by atoms with van der Waals surface area (Å²) in [6, 6.07) is 1.89. The summed E-state index contributed by atoms with van der Waals surface area (Å²) in [7, 11) is 1.82. The van der Waals surface area contributed by atoms with E-state index >= 15 is 0 Å². The Labute approximate surface area is 125 Å². The quantitative estimate of drug-likeness (QED) is 0.829. The first-order chi connectivity index (χ1) is 10.0. The molecule has 2 aliphatic rings. The van der Waals surface area contributed by atoms with Crippen molar-refractivity contribution in [1.29, 1.82) is 0 Å². The zero-order valence-electron chi connectivity index (χ0n) is 13.0. The maximum absolute atomic E-state index is 12.8. The molecule has 0 atom stereocenters. The molecule has 0 aromatic carbocycles. The number of piperidine rings is 1. The summed E-state index contributed by atoms with van der Waals surface area (Å²) in [6.45, 7) is 6.64. The van der Waals surface area contributed by atoms with E-state index in [1.54, 1.807) is 4.68 Å². The molecule has 1 amide bonds. The van der Waals surface area contributed by atoms with Crippen molar-refractivity contribution in [3.8, 4) is 0 Å². The number of aromatic nitrogens is 2. The molecule has 21 heavy (non-hydrogen) atoms. The number of nitrogens with zero attached hydrogens (tertiary/aromatic N) is 3. The number of hydrogen-bond donors (Lipinski definition) is 0. The highest BCUT2D eigenvalue weighted by atomic mass is 16.7. The maximum atomic E-state index is 12.8.